The van der Waals surface area contributed by atoms with E-state index in [-0.39, 0.29) is 11.3 Å². The molecule has 21 heavy (non-hydrogen) atoms. The maximum Gasteiger partial charge on any atom is 0.264 e. The van der Waals surface area contributed by atoms with Gasteiger partial charge in [0.15, 0.2) is 12.4 Å². The first-order valence-electron chi connectivity index (χ1n) is 7.34. The molecule has 4 heteroatoms. The number of hydrogen-bond acceptors (Lipinski definition) is 4. The molecule has 0 bridgehead atoms. The van der Waals surface area contributed by atoms with Gasteiger partial charge in [0.05, 0.1) is 0 Å². The molecule has 4 nitrogen and oxygen atoms in total. The van der Waals surface area contributed by atoms with Gasteiger partial charge in [-0.3, -0.25) is 0 Å². The smallest absolute Gasteiger partial charge is 0.264 e. The highest BCUT2D eigenvalue weighted by Crippen LogP contribution is 2.32. The maximum atomic E-state index is 5.90. The lowest BCUT2D eigenvalue weighted by Gasteiger charge is -2.23. The zero-order valence-electron chi connectivity index (χ0n) is 13.7. The molecule has 2 rings (SSSR count). The Hall–Kier alpha value is -1.84. The first-order valence-corrected chi connectivity index (χ1v) is 7.34. The van der Waals surface area contributed by atoms with Crippen LogP contribution in [0.3, 0.4) is 0 Å². The van der Waals surface area contributed by atoms with E-state index in [1.165, 1.54) is 11.1 Å². The molecule has 0 atom stereocenters. The maximum absolute atomic E-state index is 5.90. The zero-order valence-corrected chi connectivity index (χ0v) is 13.7. The SMILES string of the molecule is Cc1ccc(OCc2nc(C(C)C)no2)c(C(C)(C)C)c1. The van der Waals surface area contributed by atoms with Gasteiger partial charge in [0.2, 0.25) is 0 Å². The van der Waals surface area contributed by atoms with E-state index in [2.05, 4.69) is 50.0 Å². The third-order valence-corrected chi connectivity index (χ3v) is 3.29. The Labute approximate surface area is 126 Å². The van der Waals surface area contributed by atoms with Crippen LogP contribution in [0, 0.1) is 6.92 Å². The molecule has 0 fully saturated rings. The number of benzene rings is 1. The van der Waals surface area contributed by atoms with E-state index in [0.29, 0.717) is 18.3 Å². The summed E-state index contributed by atoms with van der Waals surface area (Å²) in [6.45, 7) is 13.0. The Morgan fingerprint density at radius 1 is 1.24 bits per heavy atom. The molecule has 0 N–H and O–H groups in total. The number of aryl methyl sites for hydroxylation is 1. The molecule has 0 saturated carbocycles. The normalized spacial score (nSPS) is 12.0. The predicted octanol–water partition coefficient (Wildman–Crippen LogP) is 4.38. The first kappa shape index (κ1) is 15.5. The third-order valence-electron chi connectivity index (χ3n) is 3.29. The highest BCUT2D eigenvalue weighted by atomic mass is 16.5. The van der Waals surface area contributed by atoms with Gasteiger partial charge >= 0.3 is 0 Å². The Kier molecular flexibility index (Phi) is 4.35. The summed E-state index contributed by atoms with van der Waals surface area (Å²) >= 11 is 0. The van der Waals surface area contributed by atoms with Gasteiger partial charge in [-0.1, -0.05) is 57.5 Å². The summed E-state index contributed by atoms with van der Waals surface area (Å²) in [6, 6.07) is 6.23. The van der Waals surface area contributed by atoms with Crippen molar-refractivity contribution in [2.45, 2.75) is 59.5 Å². The summed E-state index contributed by atoms with van der Waals surface area (Å²) in [7, 11) is 0. The molecule has 0 aliphatic heterocycles. The van der Waals surface area contributed by atoms with Crippen LogP contribution < -0.4 is 4.74 Å². The average molecular weight is 288 g/mol. The van der Waals surface area contributed by atoms with Crippen LogP contribution in [-0.2, 0) is 12.0 Å². The highest BCUT2D eigenvalue weighted by Gasteiger charge is 2.20. The lowest BCUT2D eigenvalue weighted by atomic mass is 9.85. The summed E-state index contributed by atoms with van der Waals surface area (Å²) < 4.78 is 11.1. The largest absolute Gasteiger partial charge is 0.483 e. The lowest BCUT2D eigenvalue weighted by Crippen LogP contribution is -2.13. The monoisotopic (exact) mass is 288 g/mol. The van der Waals surface area contributed by atoms with Gasteiger partial charge in [-0.25, -0.2) is 0 Å². The number of nitrogens with zero attached hydrogens (tertiary/aromatic N) is 2. The molecule has 0 spiro atoms. The molecule has 0 amide bonds. The minimum Gasteiger partial charge on any atom is -0.483 e. The third kappa shape index (κ3) is 3.84. The van der Waals surface area contributed by atoms with Crippen LogP contribution in [0.1, 0.15) is 63.4 Å². The fraction of sp³-hybridized carbons (Fsp3) is 0.529. The van der Waals surface area contributed by atoms with Crippen LogP contribution in [0.2, 0.25) is 0 Å². The van der Waals surface area contributed by atoms with Gasteiger partial charge in [0, 0.05) is 5.92 Å². The van der Waals surface area contributed by atoms with Gasteiger partial charge in [-0.05, 0) is 24.0 Å². The van der Waals surface area contributed by atoms with Crippen molar-refractivity contribution in [1.29, 1.82) is 0 Å². The standard InChI is InChI=1S/C17H24N2O2/c1-11(2)16-18-15(21-19-16)10-20-14-8-7-12(3)9-13(14)17(4,5)6/h7-9,11H,10H2,1-6H3. The van der Waals surface area contributed by atoms with Crippen molar-refractivity contribution in [3.05, 3.63) is 41.0 Å². The van der Waals surface area contributed by atoms with E-state index in [1.54, 1.807) is 0 Å². The van der Waals surface area contributed by atoms with E-state index in [1.807, 2.05) is 19.9 Å². The van der Waals surface area contributed by atoms with Gasteiger partial charge in [0.25, 0.3) is 5.89 Å². The van der Waals surface area contributed by atoms with Gasteiger partial charge in [-0.2, -0.15) is 4.98 Å². The van der Waals surface area contributed by atoms with Crippen LogP contribution in [0.15, 0.2) is 22.7 Å². The predicted molar refractivity (Wildman–Crippen MR) is 82.6 cm³/mol. The van der Waals surface area contributed by atoms with Crippen molar-refractivity contribution in [2.75, 3.05) is 0 Å². The van der Waals surface area contributed by atoms with E-state index >= 15 is 0 Å². The molecular formula is C17H24N2O2. The van der Waals surface area contributed by atoms with Crippen molar-refractivity contribution >= 4 is 0 Å². The van der Waals surface area contributed by atoms with E-state index in [9.17, 15) is 0 Å². The average Bonchev–Trinajstić information content (AvgIpc) is 2.85. The Morgan fingerprint density at radius 2 is 1.95 bits per heavy atom. The molecular weight excluding hydrogens is 264 g/mol. The molecule has 0 radical (unpaired) electrons. The Morgan fingerprint density at radius 3 is 2.52 bits per heavy atom. The second-order valence-electron chi connectivity index (χ2n) is 6.74. The topological polar surface area (TPSA) is 48.2 Å². The number of ether oxygens (including phenoxy) is 1. The molecule has 0 aliphatic carbocycles. The number of aromatic nitrogens is 2. The fourth-order valence-corrected chi connectivity index (χ4v) is 2.06. The van der Waals surface area contributed by atoms with E-state index < -0.39 is 0 Å². The molecule has 1 aromatic carbocycles. The van der Waals surface area contributed by atoms with Gasteiger partial charge in [-0.15, -0.1) is 0 Å². The van der Waals surface area contributed by atoms with E-state index in [0.717, 1.165) is 5.75 Å². The van der Waals surface area contributed by atoms with Gasteiger partial charge in [0.1, 0.15) is 5.75 Å². The molecule has 114 valence electrons. The van der Waals surface area contributed by atoms with Crippen LogP contribution in [0.5, 0.6) is 5.75 Å². The molecule has 0 saturated heterocycles. The summed E-state index contributed by atoms with van der Waals surface area (Å²) in [5.74, 6) is 2.36. The summed E-state index contributed by atoms with van der Waals surface area (Å²) in [5.41, 5.74) is 2.44. The zero-order chi connectivity index (χ0) is 15.6. The van der Waals surface area contributed by atoms with Crippen LogP contribution >= 0.6 is 0 Å². The second kappa shape index (κ2) is 5.88. The van der Waals surface area contributed by atoms with Crippen molar-refractivity contribution < 1.29 is 9.26 Å². The minimum atomic E-state index is 0.0271. The second-order valence-corrected chi connectivity index (χ2v) is 6.74. The molecule has 0 aliphatic rings. The Bertz CT molecular complexity index is 609. The number of rotatable bonds is 4. The van der Waals surface area contributed by atoms with Gasteiger partial charge < -0.3 is 9.26 Å². The fourth-order valence-electron chi connectivity index (χ4n) is 2.06. The van der Waals surface area contributed by atoms with Crippen molar-refractivity contribution in [2.24, 2.45) is 0 Å². The van der Waals surface area contributed by atoms with Crippen molar-refractivity contribution in [3.63, 3.8) is 0 Å². The minimum absolute atomic E-state index is 0.0271. The van der Waals surface area contributed by atoms with Crippen LogP contribution in [0.25, 0.3) is 0 Å². The number of hydrogen-bond donors (Lipinski definition) is 0. The summed E-state index contributed by atoms with van der Waals surface area (Å²) in [5, 5.41) is 3.95. The van der Waals surface area contributed by atoms with Crippen molar-refractivity contribution in [3.8, 4) is 5.75 Å². The summed E-state index contributed by atoms with van der Waals surface area (Å²) in [4.78, 5) is 4.33. The summed E-state index contributed by atoms with van der Waals surface area (Å²) in [6.07, 6.45) is 0. The first-order chi connectivity index (χ1) is 9.77. The lowest BCUT2D eigenvalue weighted by molar-refractivity contribution is 0.238. The molecule has 1 heterocycles. The van der Waals surface area contributed by atoms with Crippen LogP contribution in [-0.4, -0.2) is 10.1 Å². The quantitative estimate of drug-likeness (QED) is 0.837. The van der Waals surface area contributed by atoms with E-state index in [4.69, 9.17) is 9.26 Å². The highest BCUT2D eigenvalue weighted by molar-refractivity contribution is 5.41. The van der Waals surface area contributed by atoms with Crippen molar-refractivity contribution in [1.82, 2.24) is 10.1 Å². The molecule has 0 unspecified atom stereocenters. The molecule has 1 aromatic heterocycles. The van der Waals surface area contributed by atoms with Crippen LogP contribution in [0.4, 0.5) is 0 Å². The Balaban J connectivity index is 2.16. The molecule has 2 aromatic rings.